The summed E-state index contributed by atoms with van der Waals surface area (Å²) in [6.07, 6.45) is -0.973. The lowest BCUT2D eigenvalue weighted by Gasteiger charge is -2.45. The Bertz CT molecular complexity index is 661. The number of hydrogen-bond acceptors (Lipinski definition) is 2. The highest BCUT2D eigenvalue weighted by Crippen LogP contribution is 2.49. The van der Waals surface area contributed by atoms with Crippen molar-refractivity contribution in [3.8, 4) is 0 Å². The zero-order valence-electron chi connectivity index (χ0n) is 12.0. The summed E-state index contributed by atoms with van der Waals surface area (Å²) in [4.78, 5) is 25.5. The number of benzene rings is 1. The molecule has 1 spiro atoms. The third kappa shape index (κ3) is 1.78. The third-order valence-electron chi connectivity index (χ3n) is 4.46. The molecule has 1 aliphatic carbocycles. The van der Waals surface area contributed by atoms with Crippen LogP contribution in [-0.2, 0) is 16.8 Å². The largest absolute Gasteiger partial charge is 0.325 e. The van der Waals surface area contributed by atoms with Crippen molar-refractivity contribution in [2.45, 2.75) is 32.0 Å². The Kier molecular flexibility index (Phi) is 2.96. The molecule has 2 aliphatic rings. The van der Waals surface area contributed by atoms with E-state index in [1.807, 2.05) is 12.1 Å². The SMILES string of the molecule is CN1C(=O)NC2(C1=O)c1cc(Br)ccc1CC(C)(C)C2F. The van der Waals surface area contributed by atoms with Gasteiger partial charge in [-0.2, -0.15) is 0 Å². The van der Waals surface area contributed by atoms with E-state index < -0.39 is 29.1 Å². The van der Waals surface area contributed by atoms with Gasteiger partial charge in [0, 0.05) is 16.9 Å². The zero-order chi connectivity index (χ0) is 15.6. The number of urea groups is 1. The lowest BCUT2D eigenvalue weighted by Crippen LogP contribution is -2.60. The molecule has 1 aliphatic heterocycles. The zero-order valence-corrected chi connectivity index (χ0v) is 13.6. The first kappa shape index (κ1) is 14.5. The highest BCUT2D eigenvalue weighted by Gasteiger charge is 2.63. The number of carbonyl (C=O) groups excluding carboxylic acids is 2. The van der Waals surface area contributed by atoms with E-state index in [4.69, 9.17) is 0 Å². The molecule has 1 heterocycles. The molecule has 3 amide bonds. The first-order valence-corrected chi connectivity index (χ1v) is 7.53. The van der Waals surface area contributed by atoms with Gasteiger partial charge in [0.05, 0.1) is 0 Å². The molecule has 21 heavy (non-hydrogen) atoms. The fourth-order valence-corrected chi connectivity index (χ4v) is 3.75. The van der Waals surface area contributed by atoms with Crippen LogP contribution < -0.4 is 5.32 Å². The molecule has 1 aromatic carbocycles. The van der Waals surface area contributed by atoms with Gasteiger partial charge in [-0.1, -0.05) is 35.8 Å². The molecule has 1 aromatic rings. The van der Waals surface area contributed by atoms with Crippen LogP contribution in [0, 0.1) is 5.41 Å². The number of alkyl halides is 1. The van der Waals surface area contributed by atoms with Crippen LogP contribution in [0.2, 0.25) is 0 Å². The number of carbonyl (C=O) groups is 2. The molecule has 112 valence electrons. The Hall–Kier alpha value is -1.43. The second kappa shape index (κ2) is 4.29. The lowest BCUT2D eigenvalue weighted by atomic mass is 9.63. The van der Waals surface area contributed by atoms with Crippen molar-refractivity contribution in [1.82, 2.24) is 10.2 Å². The van der Waals surface area contributed by atoms with Crippen molar-refractivity contribution >= 4 is 27.9 Å². The minimum absolute atomic E-state index is 0.519. The third-order valence-corrected chi connectivity index (χ3v) is 4.95. The van der Waals surface area contributed by atoms with Crippen molar-refractivity contribution in [3.63, 3.8) is 0 Å². The smallest absolute Gasteiger partial charge is 0.317 e. The molecular weight excluding hydrogens is 339 g/mol. The molecule has 6 heteroatoms. The number of rotatable bonds is 0. The number of fused-ring (bicyclic) bond motifs is 2. The Morgan fingerprint density at radius 3 is 2.62 bits per heavy atom. The van der Waals surface area contributed by atoms with E-state index in [0.29, 0.717) is 12.0 Å². The molecule has 1 N–H and O–H groups in total. The molecular formula is C15H16BrFN2O2. The van der Waals surface area contributed by atoms with E-state index in [9.17, 15) is 9.59 Å². The van der Waals surface area contributed by atoms with Gasteiger partial charge in [0.2, 0.25) is 0 Å². The van der Waals surface area contributed by atoms with E-state index >= 15 is 4.39 Å². The number of hydrogen-bond donors (Lipinski definition) is 1. The van der Waals surface area contributed by atoms with Crippen LogP contribution >= 0.6 is 15.9 Å². The molecule has 1 fully saturated rings. The van der Waals surface area contributed by atoms with Crippen LogP contribution in [0.1, 0.15) is 25.0 Å². The van der Waals surface area contributed by atoms with Crippen molar-refractivity contribution < 1.29 is 14.0 Å². The molecule has 2 atom stereocenters. The minimum Gasteiger partial charge on any atom is -0.317 e. The van der Waals surface area contributed by atoms with Crippen LogP contribution in [-0.4, -0.2) is 30.1 Å². The van der Waals surface area contributed by atoms with Crippen LogP contribution in [0.4, 0.5) is 9.18 Å². The molecule has 0 radical (unpaired) electrons. The second-order valence-electron chi connectivity index (χ2n) is 6.43. The quantitative estimate of drug-likeness (QED) is 0.728. The molecule has 0 aromatic heterocycles. The van der Waals surface area contributed by atoms with Gasteiger partial charge in [0.15, 0.2) is 5.54 Å². The topological polar surface area (TPSA) is 49.4 Å². The number of imide groups is 1. The summed E-state index contributed by atoms with van der Waals surface area (Å²) in [5.41, 5.74) is -0.922. The molecule has 1 saturated heterocycles. The Morgan fingerprint density at radius 1 is 1.38 bits per heavy atom. The Labute approximate surface area is 130 Å². The van der Waals surface area contributed by atoms with Gasteiger partial charge in [-0.3, -0.25) is 9.69 Å². The molecule has 4 nitrogen and oxygen atoms in total. The van der Waals surface area contributed by atoms with E-state index in [2.05, 4.69) is 21.2 Å². The van der Waals surface area contributed by atoms with Gasteiger partial charge in [-0.05, 0) is 29.7 Å². The van der Waals surface area contributed by atoms with Crippen LogP contribution in [0.25, 0.3) is 0 Å². The summed E-state index contributed by atoms with van der Waals surface area (Å²) >= 11 is 3.36. The molecule has 0 bridgehead atoms. The highest BCUT2D eigenvalue weighted by atomic mass is 79.9. The van der Waals surface area contributed by atoms with Gasteiger partial charge >= 0.3 is 6.03 Å². The van der Waals surface area contributed by atoms with Crippen molar-refractivity contribution in [3.05, 3.63) is 33.8 Å². The van der Waals surface area contributed by atoms with Crippen LogP contribution in [0.3, 0.4) is 0 Å². The standard InChI is InChI=1S/C15H16BrFN2O2/c1-14(2)7-8-4-5-9(16)6-10(8)15(11(14)17)12(20)19(3)13(21)18-15/h4-6,11H,7H2,1-3H3,(H,18,21). The highest BCUT2D eigenvalue weighted by molar-refractivity contribution is 9.10. The Morgan fingerprint density at radius 2 is 2.05 bits per heavy atom. The summed E-state index contributed by atoms with van der Waals surface area (Å²) in [5.74, 6) is -0.535. The Balaban J connectivity index is 2.31. The maximum Gasteiger partial charge on any atom is 0.325 e. The summed E-state index contributed by atoms with van der Waals surface area (Å²) in [7, 11) is 1.37. The normalized spacial score (nSPS) is 30.5. The number of nitrogens with zero attached hydrogens (tertiary/aromatic N) is 1. The summed E-state index contributed by atoms with van der Waals surface area (Å²) in [6, 6.07) is 4.92. The molecule has 2 unspecified atom stereocenters. The van der Waals surface area contributed by atoms with Crippen molar-refractivity contribution in [2.75, 3.05) is 7.05 Å². The number of amides is 3. The van der Waals surface area contributed by atoms with Gasteiger partial charge in [-0.25, -0.2) is 9.18 Å². The maximum absolute atomic E-state index is 15.3. The van der Waals surface area contributed by atoms with Gasteiger partial charge < -0.3 is 5.32 Å². The van der Waals surface area contributed by atoms with Gasteiger partial charge in [0.25, 0.3) is 5.91 Å². The summed E-state index contributed by atoms with van der Waals surface area (Å²) in [6.45, 7) is 3.56. The average Bonchev–Trinajstić information content (AvgIpc) is 2.63. The van der Waals surface area contributed by atoms with Gasteiger partial charge in [0.1, 0.15) is 6.17 Å². The van der Waals surface area contributed by atoms with Crippen molar-refractivity contribution in [2.24, 2.45) is 5.41 Å². The van der Waals surface area contributed by atoms with Gasteiger partial charge in [-0.15, -0.1) is 0 Å². The second-order valence-corrected chi connectivity index (χ2v) is 7.35. The average molecular weight is 355 g/mol. The van der Waals surface area contributed by atoms with Crippen LogP contribution in [0.15, 0.2) is 22.7 Å². The van der Waals surface area contributed by atoms with Crippen molar-refractivity contribution in [1.29, 1.82) is 0 Å². The fraction of sp³-hybridized carbons (Fsp3) is 0.467. The fourth-order valence-electron chi connectivity index (χ4n) is 3.39. The predicted octanol–water partition coefficient (Wildman–Crippen LogP) is 2.75. The van der Waals surface area contributed by atoms with E-state index in [1.54, 1.807) is 19.9 Å². The number of nitrogens with one attached hydrogen (secondary N) is 1. The summed E-state index contributed by atoms with van der Waals surface area (Å²) in [5, 5.41) is 2.60. The first-order valence-electron chi connectivity index (χ1n) is 6.73. The number of likely N-dealkylation sites (N-methyl/N-ethyl adjacent to an activating group) is 1. The predicted molar refractivity (Wildman–Crippen MR) is 79.5 cm³/mol. The van der Waals surface area contributed by atoms with E-state index in [0.717, 1.165) is 14.9 Å². The minimum atomic E-state index is -1.62. The summed E-state index contributed by atoms with van der Waals surface area (Å²) < 4.78 is 16.0. The molecule has 3 rings (SSSR count). The van der Waals surface area contributed by atoms with Crippen LogP contribution in [0.5, 0.6) is 0 Å². The maximum atomic E-state index is 15.3. The number of halogens is 2. The monoisotopic (exact) mass is 354 g/mol. The first-order chi connectivity index (χ1) is 9.70. The van der Waals surface area contributed by atoms with E-state index in [-0.39, 0.29) is 0 Å². The van der Waals surface area contributed by atoms with E-state index in [1.165, 1.54) is 7.05 Å². The lowest BCUT2D eigenvalue weighted by molar-refractivity contribution is -0.136. The molecule has 0 saturated carbocycles.